The second kappa shape index (κ2) is 13.5. The van der Waals surface area contributed by atoms with Crippen LogP contribution in [0.1, 0.15) is 40.0 Å². The Kier molecular flexibility index (Phi) is 13.0. The van der Waals surface area contributed by atoms with Crippen LogP contribution in [-0.4, -0.2) is 45.4 Å². The van der Waals surface area contributed by atoms with Crippen molar-refractivity contribution in [3.63, 3.8) is 0 Å². The molecule has 0 aromatic heterocycles. The molecule has 0 aliphatic rings. The van der Waals surface area contributed by atoms with E-state index in [2.05, 4.69) is 17.2 Å². The van der Waals surface area contributed by atoms with Gasteiger partial charge in [-0.15, -0.1) is 0 Å². The van der Waals surface area contributed by atoms with Crippen LogP contribution >= 0.6 is 0 Å². The van der Waals surface area contributed by atoms with Crippen LogP contribution < -0.4 is 5.32 Å². The van der Waals surface area contributed by atoms with Crippen LogP contribution in [0.2, 0.25) is 0 Å². The average Bonchev–Trinajstić information content (AvgIpc) is 2.35. The first-order valence-corrected chi connectivity index (χ1v) is 6.77. The molecule has 0 spiro atoms. The minimum Gasteiger partial charge on any atom is -0.380 e. The minimum atomic E-state index is 0.708. The fraction of sp³-hybridized carbons (Fsp3) is 0.923. The van der Waals surface area contributed by atoms with Crippen molar-refractivity contribution in [1.82, 2.24) is 5.32 Å². The number of ether oxygens (including phenoxy) is 2. The number of rotatable bonds is 11. The molecule has 102 valence electrons. The van der Waals surface area contributed by atoms with Crippen LogP contribution in [0.5, 0.6) is 0 Å². The zero-order chi connectivity index (χ0) is 12.8. The highest BCUT2D eigenvalue weighted by atomic mass is 16.5. The maximum atomic E-state index is 5.29. The summed E-state index contributed by atoms with van der Waals surface area (Å²) in [5, 5.41) is 3.34. The zero-order valence-corrected chi connectivity index (χ0v) is 11.6. The highest BCUT2D eigenvalue weighted by Gasteiger charge is 1.97. The number of amidine groups is 1. The van der Waals surface area contributed by atoms with Gasteiger partial charge < -0.3 is 14.8 Å². The van der Waals surface area contributed by atoms with Gasteiger partial charge in [0.25, 0.3) is 0 Å². The van der Waals surface area contributed by atoms with E-state index in [1.807, 2.05) is 13.8 Å². The molecule has 0 saturated heterocycles. The van der Waals surface area contributed by atoms with Crippen LogP contribution in [-0.2, 0) is 9.47 Å². The van der Waals surface area contributed by atoms with Crippen LogP contribution in [0.15, 0.2) is 4.99 Å². The second-order valence-electron chi connectivity index (χ2n) is 3.75. The third-order valence-electron chi connectivity index (χ3n) is 2.29. The highest BCUT2D eigenvalue weighted by molar-refractivity contribution is 5.82. The van der Waals surface area contributed by atoms with Crippen molar-refractivity contribution in [3.05, 3.63) is 0 Å². The van der Waals surface area contributed by atoms with Crippen LogP contribution in [0.25, 0.3) is 0 Å². The summed E-state index contributed by atoms with van der Waals surface area (Å²) in [6, 6.07) is 0. The number of nitrogens with zero attached hydrogens (tertiary/aromatic N) is 1. The van der Waals surface area contributed by atoms with Gasteiger partial charge in [-0.25, -0.2) is 0 Å². The Morgan fingerprint density at radius 1 is 1.06 bits per heavy atom. The highest BCUT2D eigenvalue weighted by Crippen LogP contribution is 1.95. The molecule has 0 bridgehead atoms. The molecule has 1 N–H and O–H groups in total. The lowest BCUT2D eigenvalue weighted by molar-refractivity contribution is 0.152. The zero-order valence-electron chi connectivity index (χ0n) is 11.6. The third-order valence-corrected chi connectivity index (χ3v) is 2.29. The van der Waals surface area contributed by atoms with Crippen LogP contribution in [0.3, 0.4) is 0 Å². The van der Waals surface area contributed by atoms with Gasteiger partial charge in [-0.3, -0.25) is 4.99 Å². The molecule has 4 heteroatoms. The molecule has 0 aromatic carbocycles. The summed E-state index contributed by atoms with van der Waals surface area (Å²) >= 11 is 0. The SMILES string of the molecule is CCCCC(=NCCOCC)NCCOCC. The Morgan fingerprint density at radius 3 is 2.41 bits per heavy atom. The van der Waals surface area contributed by atoms with E-state index in [0.29, 0.717) is 6.61 Å². The normalized spacial score (nSPS) is 11.8. The fourth-order valence-corrected chi connectivity index (χ4v) is 1.37. The molecule has 0 saturated carbocycles. The van der Waals surface area contributed by atoms with Gasteiger partial charge >= 0.3 is 0 Å². The predicted molar refractivity (Wildman–Crippen MR) is 72.8 cm³/mol. The van der Waals surface area contributed by atoms with E-state index >= 15 is 0 Å². The Bertz CT molecular complexity index is 184. The van der Waals surface area contributed by atoms with Crippen molar-refractivity contribution in [1.29, 1.82) is 0 Å². The summed E-state index contributed by atoms with van der Waals surface area (Å²) in [7, 11) is 0. The van der Waals surface area contributed by atoms with E-state index in [9.17, 15) is 0 Å². The van der Waals surface area contributed by atoms with Gasteiger partial charge in [-0.1, -0.05) is 13.3 Å². The van der Waals surface area contributed by atoms with Crippen LogP contribution in [0.4, 0.5) is 0 Å². The first kappa shape index (κ1) is 16.4. The minimum absolute atomic E-state index is 0.708. The second-order valence-corrected chi connectivity index (χ2v) is 3.75. The number of hydrogen-bond donors (Lipinski definition) is 1. The van der Waals surface area contributed by atoms with Gasteiger partial charge in [0.05, 0.1) is 25.6 Å². The molecule has 0 aliphatic heterocycles. The molecule has 0 aromatic rings. The molecular weight excluding hydrogens is 216 g/mol. The van der Waals surface area contributed by atoms with E-state index in [1.165, 1.54) is 12.8 Å². The van der Waals surface area contributed by atoms with E-state index in [0.717, 1.165) is 45.2 Å². The molecule has 17 heavy (non-hydrogen) atoms. The van der Waals surface area contributed by atoms with Gasteiger partial charge in [-0.2, -0.15) is 0 Å². The van der Waals surface area contributed by atoms with Crippen molar-refractivity contribution in [2.75, 3.05) is 39.5 Å². The maximum Gasteiger partial charge on any atom is 0.0964 e. The van der Waals surface area contributed by atoms with E-state index < -0.39 is 0 Å². The molecule has 0 amide bonds. The lowest BCUT2D eigenvalue weighted by Crippen LogP contribution is -2.28. The smallest absolute Gasteiger partial charge is 0.0964 e. The molecule has 0 fully saturated rings. The standard InChI is InChI=1S/C13H28N2O2/c1-4-7-8-13(14-9-11-16-5-2)15-10-12-17-6-3/h4-12H2,1-3H3,(H,14,15). The van der Waals surface area contributed by atoms with Crippen molar-refractivity contribution < 1.29 is 9.47 Å². The van der Waals surface area contributed by atoms with E-state index in [1.54, 1.807) is 0 Å². The molecule has 0 rings (SSSR count). The summed E-state index contributed by atoms with van der Waals surface area (Å²) in [5.74, 6) is 1.09. The molecule has 0 heterocycles. The number of hydrogen-bond acceptors (Lipinski definition) is 3. The summed E-state index contributed by atoms with van der Waals surface area (Å²) in [4.78, 5) is 4.52. The summed E-state index contributed by atoms with van der Waals surface area (Å²) < 4.78 is 10.6. The first-order chi connectivity index (χ1) is 8.35. The summed E-state index contributed by atoms with van der Waals surface area (Å²) in [5.41, 5.74) is 0. The Morgan fingerprint density at radius 2 is 1.76 bits per heavy atom. The molecule has 0 aliphatic carbocycles. The quantitative estimate of drug-likeness (QED) is 0.344. The largest absolute Gasteiger partial charge is 0.380 e. The van der Waals surface area contributed by atoms with Crippen molar-refractivity contribution >= 4 is 5.84 Å². The molecule has 4 nitrogen and oxygen atoms in total. The Balaban J connectivity index is 3.77. The van der Waals surface area contributed by atoms with Crippen molar-refractivity contribution in [2.24, 2.45) is 4.99 Å². The van der Waals surface area contributed by atoms with E-state index in [-0.39, 0.29) is 0 Å². The van der Waals surface area contributed by atoms with Gasteiger partial charge in [0.1, 0.15) is 0 Å². The monoisotopic (exact) mass is 244 g/mol. The summed E-state index contributed by atoms with van der Waals surface area (Å²) in [6.07, 6.45) is 3.39. The van der Waals surface area contributed by atoms with Crippen LogP contribution in [0, 0.1) is 0 Å². The van der Waals surface area contributed by atoms with E-state index in [4.69, 9.17) is 9.47 Å². The van der Waals surface area contributed by atoms with Gasteiger partial charge in [0, 0.05) is 26.2 Å². The number of aliphatic imine (C=N–C) groups is 1. The molecular formula is C13H28N2O2. The predicted octanol–water partition coefficient (Wildman–Crippen LogP) is 2.24. The molecule has 0 atom stereocenters. The van der Waals surface area contributed by atoms with Gasteiger partial charge in [0.2, 0.25) is 0 Å². The fourth-order valence-electron chi connectivity index (χ4n) is 1.37. The van der Waals surface area contributed by atoms with Gasteiger partial charge in [0.15, 0.2) is 0 Å². The Labute approximate surface area is 106 Å². The lowest BCUT2D eigenvalue weighted by Gasteiger charge is -2.10. The lowest BCUT2D eigenvalue weighted by atomic mass is 10.2. The molecule has 0 unspecified atom stereocenters. The average molecular weight is 244 g/mol. The Hall–Kier alpha value is -0.610. The number of unbranched alkanes of at least 4 members (excludes halogenated alkanes) is 1. The third kappa shape index (κ3) is 11.6. The molecule has 0 radical (unpaired) electrons. The van der Waals surface area contributed by atoms with Gasteiger partial charge in [-0.05, 0) is 20.3 Å². The van der Waals surface area contributed by atoms with Crippen molar-refractivity contribution in [2.45, 2.75) is 40.0 Å². The topological polar surface area (TPSA) is 42.8 Å². The van der Waals surface area contributed by atoms with Crippen molar-refractivity contribution in [3.8, 4) is 0 Å². The summed E-state index contributed by atoms with van der Waals surface area (Å²) in [6.45, 7) is 10.8. The first-order valence-electron chi connectivity index (χ1n) is 6.77. The number of nitrogens with one attached hydrogen (secondary N) is 1. The maximum absolute atomic E-state index is 5.29.